The second kappa shape index (κ2) is 27.5. The van der Waals surface area contributed by atoms with Crippen molar-refractivity contribution in [2.45, 2.75) is 71.7 Å². The maximum atomic E-state index is 14.4. The molecule has 2 atom stereocenters. The van der Waals surface area contributed by atoms with E-state index >= 15 is 0 Å². The van der Waals surface area contributed by atoms with Gasteiger partial charge in [0, 0.05) is 149 Å². The van der Waals surface area contributed by atoms with Gasteiger partial charge >= 0.3 is 11.5 Å². The van der Waals surface area contributed by atoms with Crippen LogP contribution in [0.4, 0.5) is 40.7 Å². The number of carbonyl (C=O) groups is 3. The highest BCUT2D eigenvalue weighted by Gasteiger charge is 2.49. The van der Waals surface area contributed by atoms with Crippen molar-refractivity contribution in [2.75, 3.05) is 131 Å². The third kappa shape index (κ3) is 15.7. The molecular formula is C62H73ClF3N9O8S3. The number of sulfonamides is 1. The molecule has 0 unspecified atom stereocenters. The van der Waals surface area contributed by atoms with Crippen LogP contribution in [0.1, 0.15) is 61.4 Å². The summed E-state index contributed by atoms with van der Waals surface area (Å²) in [5.74, 6) is -0.945. The lowest BCUT2D eigenvalue weighted by Gasteiger charge is -2.44. The van der Waals surface area contributed by atoms with Crippen molar-refractivity contribution < 1.29 is 49.1 Å². The van der Waals surface area contributed by atoms with Crippen molar-refractivity contribution >= 4 is 89.4 Å². The number of hydrogen-bond acceptors (Lipinski definition) is 15. The Kier molecular flexibility index (Phi) is 20.1. The number of alkyl halides is 3. The summed E-state index contributed by atoms with van der Waals surface area (Å²) < 4.78 is 105. The van der Waals surface area contributed by atoms with E-state index in [1.54, 1.807) is 17.0 Å². The summed E-state index contributed by atoms with van der Waals surface area (Å²) in [5.41, 5.74) is 0.437. The zero-order chi connectivity index (χ0) is 60.6. The number of amides is 4. The number of nitrogens with one attached hydrogen (secondary N) is 3. The number of thioether (sulfide) groups is 1. The highest BCUT2D eigenvalue weighted by atomic mass is 35.5. The summed E-state index contributed by atoms with van der Waals surface area (Å²) in [6.07, 6.45) is 4.43. The molecule has 4 heterocycles. The van der Waals surface area contributed by atoms with Crippen LogP contribution in [0.25, 0.3) is 5.57 Å². The van der Waals surface area contributed by atoms with Gasteiger partial charge in [-0.25, -0.2) is 26.4 Å². The fourth-order valence-corrected chi connectivity index (χ4v) is 15.2. The van der Waals surface area contributed by atoms with Crippen LogP contribution in [0.2, 0.25) is 5.02 Å². The van der Waals surface area contributed by atoms with Gasteiger partial charge in [-0.1, -0.05) is 60.5 Å². The molecule has 4 saturated heterocycles. The van der Waals surface area contributed by atoms with E-state index in [-0.39, 0.29) is 23.3 Å². The van der Waals surface area contributed by atoms with E-state index in [4.69, 9.17) is 16.3 Å². The molecular weight excluding hydrogens is 1190 g/mol. The first-order chi connectivity index (χ1) is 41.2. The van der Waals surface area contributed by atoms with Gasteiger partial charge in [-0.15, -0.1) is 11.8 Å². The van der Waals surface area contributed by atoms with Crippen LogP contribution < -0.4 is 30.1 Å². The van der Waals surface area contributed by atoms with Crippen molar-refractivity contribution in [1.82, 2.24) is 24.7 Å². The highest BCUT2D eigenvalue weighted by Crippen LogP contribution is 2.44. The quantitative estimate of drug-likeness (QED) is 0.0626. The number of rotatable bonds is 20. The Morgan fingerprint density at radius 3 is 2.15 bits per heavy atom. The van der Waals surface area contributed by atoms with E-state index in [9.17, 15) is 44.4 Å². The summed E-state index contributed by atoms with van der Waals surface area (Å²) in [6, 6.07) is 33.4. The molecule has 3 N–H and O–H groups in total. The molecule has 10 rings (SSSR count). The minimum atomic E-state index is -6.09. The van der Waals surface area contributed by atoms with E-state index in [1.807, 2.05) is 65.4 Å². The molecule has 0 bridgehead atoms. The minimum absolute atomic E-state index is 0.0220. The third-order valence-electron chi connectivity index (χ3n) is 16.8. The molecule has 24 heteroatoms. The Hall–Kier alpha value is -6.18. The van der Waals surface area contributed by atoms with Gasteiger partial charge in [-0.3, -0.25) is 29.6 Å². The van der Waals surface area contributed by atoms with Gasteiger partial charge < -0.3 is 24.8 Å². The van der Waals surface area contributed by atoms with Crippen molar-refractivity contribution in [1.29, 1.82) is 0 Å². The molecule has 0 saturated carbocycles. The maximum absolute atomic E-state index is 14.4. The molecule has 4 amide bonds. The second-order valence-electron chi connectivity index (χ2n) is 23.0. The molecule has 460 valence electrons. The molecule has 5 aromatic rings. The van der Waals surface area contributed by atoms with Gasteiger partial charge in [0.25, 0.3) is 25.8 Å². The zero-order valence-corrected chi connectivity index (χ0v) is 51.3. The van der Waals surface area contributed by atoms with Crippen LogP contribution in [-0.2, 0) is 29.4 Å². The highest BCUT2D eigenvalue weighted by molar-refractivity contribution is 7.99. The first-order valence-electron chi connectivity index (χ1n) is 29.2. The minimum Gasteiger partial charge on any atom is -0.380 e. The van der Waals surface area contributed by atoms with Gasteiger partial charge in [-0.05, 0) is 134 Å². The molecule has 0 radical (unpaired) electrons. The fourth-order valence-electron chi connectivity index (χ4n) is 12.1. The number of sulfone groups is 1. The topological polar surface area (TPSA) is 184 Å². The number of ether oxygens (including phenoxy) is 1. The largest absolute Gasteiger partial charge is 0.501 e. The zero-order valence-electron chi connectivity index (χ0n) is 48.1. The number of piperazine rings is 2. The number of halogens is 4. The van der Waals surface area contributed by atoms with Gasteiger partial charge in [0.2, 0.25) is 5.91 Å². The summed E-state index contributed by atoms with van der Waals surface area (Å²) in [5, 5.41) is 6.12. The van der Waals surface area contributed by atoms with Crippen LogP contribution in [0.3, 0.4) is 0 Å². The molecule has 1 aliphatic carbocycles. The Bertz CT molecular complexity index is 3470. The van der Waals surface area contributed by atoms with Crippen molar-refractivity contribution in [3.63, 3.8) is 0 Å². The number of imide groups is 1. The lowest BCUT2D eigenvalue weighted by molar-refractivity contribution is -0.120. The molecule has 86 heavy (non-hydrogen) atoms. The number of hydrogen-bond donors (Lipinski definition) is 3. The normalized spacial score (nSPS) is 20.4. The third-order valence-corrected chi connectivity index (χ3v) is 21.1. The van der Waals surface area contributed by atoms with Crippen LogP contribution >= 0.6 is 23.4 Å². The first-order valence-corrected chi connectivity index (χ1v) is 33.5. The van der Waals surface area contributed by atoms with Crippen LogP contribution in [-0.4, -0.2) is 172 Å². The smallest absolute Gasteiger partial charge is 0.380 e. The predicted molar refractivity (Wildman–Crippen MR) is 331 cm³/mol. The average Bonchev–Trinajstić information content (AvgIpc) is 1.11. The van der Waals surface area contributed by atoms with Crippen LogP contribution in [0, 0.1) is 5.41 Å². The van der Waals surface area contributed by atoms with Gasteiger partial charge in [-0.2, -0.15) is 13.2 Å². The number of allylic oxidation sites excluding steroid dienone is 1. The number of urea groups is 1. The van der Waals surface area contributed by atoms with Crippen molar-refractivity contribution in [2.24, 2.45) is 5.41 Å². The molecule has 4 aliphatic heterocycles. The molecule has 0 aromatic heterocycles. The van der Waals surface area contributed by atoms with Gasteiger partial charge in [0.1, 0.15) is 4.90 Å². The number of carbonyl (C=O) groups excluding carboxylic acids is 3. The molecule has 17 nitrogen and oxygen atoms in total. The van der Waals surface area contributed by atoms with E-state index in [0.717, 1.165) is 119 Å². The van der Waals surface area contributed by atoms with Gasteiger partial charge in [0.05, 0.1) is 17.2 Å². The Balaban J connectivity index is 0.760. The standard InChI is InChI=1S/C62H73ClF3N9O8S3/c1-61(44-72-30-34-74(35-31-72)51-7-5-8-52(39-51)75-27-23-58(76)68-60(75)78)24-21-55(45-11-15-48(63)16-12-45)47(41-61)42-71-28-32-73(33-29-71)50-17-13-46(14-18-50)59(77)69-86(81,82)54-19-20-56(57(40-54)85(79,80)62(64,65)66)67-49(43-84-53-9-3-2-4-10-53)22-26-70-25-6-37-83-38-36-70/h2-5,7-20,39-40,49,67H,6,21-38,41-44H2,1H3,(H,69,77)(H,68,76,78)/t49-,61-/m1/s1. The van der Waals surface area contributed by atoms with E-state index in [2.05, 4.69) is 60.3 Å². The van der Waals surface area contributed by atoms with E-state index in [0.29, 0.717) is 69.2 Å². The molecule has 5 aliphatic rings. The van der Waals surface area contributed by atoms with E-state index in [1.165, 1.54) is 40.6 Å². The van der Waals surface area contributed by atoms with Crippen LogP contribution in [0.5, 0.6) is 0 Å². The summed E-state index contributed by atoms with van der Waals surface area (Å²) in [4.78, 5) is 50.2. The Morgan fingerprint density at radius 2 is 1.44 bits per heavy atom. The Morgan fingerprint density at radius 1 is 0.744 bits per heavy atom. The lowest BCUT2D eigenvalue weighted by atomic mass is 9.71. The predicted octanol–water partition coefficient (Wildman–Crippen LogP) is 9.47. The monoisotopic (exact) mass is 1260 g/mol. The summed E-state index contributed by atoms with van der Waals surface area (Å²) in [7, 11) is -11.0. The van der Waals surface area contributed by atoms with E-state index < -0.39 is 58.8 Å². The SMILES string of the molecule is C[C@@]1(CN2CCN(c3cccc(N4CCC(=O)NC4=O)c3)CC2)CCC(c2ccc(Cl)cc2)=C(CN2CCN(c3ccc(C(=O)NS(=O)(=O)c4ccc(N[C@H](CCN5CCCOCC5)CSc5ccccc5)c(S(=O)(=O)C(F)(F)F)c4)cc3)CC2)C1. The summed E-state index contributed by atoms with van der Waals surface area (Å²) >= 11 is 7.81. The number of nitrogens with zero attached hydrogens (tertiary/aromatic N) is 6. The fraction of sp³-hybridized carbons (Fsp3) is 0.435. The molecule has 0 spiro atoms. The average molecular weight is 1260 g/mol. The number of anilines is 4. The Labute approximate surface area is 511 Å². The van der Waals surface area contributed by atoms with Crippen molar-refractivity contribution in [3.05, 3.63) is 143 Å². The number of benzene rings is 5. The van der Waals surface area contributed by atoms with Crippen LogP contribution in [0.15, 0.2) is 142 Å². The maximum Gasteiger partial charge on any atom is 0.501 e. The van der Waals surface area contributed by atoms with Crippen molar-refractivity contribution in [3.8, 4) is 0 Å². The second-order valence-corrected chi connectivity index (χ2v) is 28.1. The summed E-state index contributed by atoms with van der Waals surface area (Å²) in [6.45, 7) is 14.1. The lowest BCUT2D eigenvalue weighted by Crippen LogP contribution is -2.51. The van der Waals surface area contributed by atoms with Gasteiger partial charge in [0.15, 0.2) is 0 Å². The molecule has 4 fully saturated rings. The first kappa shape index (κ1) is 62.9. The molecule has 5 aromatic carbocycles.